The highest BCUT2D eigenvalue weighted by Crippen LogP contribution is 2.27. The van der Waals surface area contributed by atoms with Crippen LogP contribution in [0.4, 0.5) is 5.13 Å². The van der Waals surface area contributed by atoms with Crippen LogP contribution in [0.25, 0.3) is 10.2 Å². The van der Waals surface area contributed by atoms with Gasteiger partial charge in [0.2, 0.25) is 5.91 Å². The third-order valence-electron chi connectivity index (χ3n) is 2.03. The zero-order valence-corrected chi connectivity index (χ0v) is 10.2. The molecule has 0 radical (unpaired) electrons. The van der Waals surface area contributed by atoms with Crippen LogP contribution in [0.2, 0.25) is 5.02 Å². The molecular weight excluding hydrogens is 246 g/mol. The van der Waals surface area contributed by atoms with Gasteiger partial charge in [0.05, 0.1) is 16.8 Å². The first-order chi connectivity index (χ1) is 7.69. The Morgan fingerprint density at radius 3 is 3.12 bits per heavy atom. The number of carbonyl (C=O) groups excluding carboxylic acids is 1. The van der Waals surface area contributed by atoms with Gasteiger partial charge in [0.1, 0.15) is 0 Å². The average Bonchev–Trinajstić information content (AvgIpc) is 2.67. The van der Waals surface area contributed by atoms with Crippen LogP contribution in [0.5, 0.6) is 0 Å². The summed E-state index contributed by atoms with van der Waals surface area (Å²) < 4.78 is 1.05. The average molecular weight is 256 g/mol. The number of aromatic nitrogens is 1. The second kappa shape index (κ2) is 4.67. The summed E-state index contributed by atoms with van der Waals surface area (Å²) in [7, 11) is 1.60. The van der Waals surface area contributed by atoms with Crippen LogP contribution in [0, 0.1) is 0 Å². The molecule has 0 bridgehead atoms. The van der Waals surface area contributed by atoms with Crippen molar-refractivity contribution in [2.75, 3.05) is 18.9 Å². The van der Waals surface area contributed by atoms with E-state index in [9.17, 15) is 4.79 Å². The van der Waals surface area contributed by atoms with Crippen LogP contribution in [0.15, 0.2) is 18.2 Å². The number of carbonyl (C=O) groups is 1. The van der Waals surface area contributed by atoms with Gasteiger partial charge < -0.3 is 10.6 Å². The summed E-state index contributed by atoms with van der Waals surface area (Å²) in [4.78, 5) is 15.4. The maximum atomic E-state index is 11.0. The van der Waals surface area contributed by atoms with Crippen molar-refractivity contribution in [3.8, 4) is 0 Å². The molecule has 4 nitrogen and oxygen atoms in total. The zero-order chi connectivity index (χ0) is 11.5. The molecule has 84 valence electrons. The van der Waals surface area contributed by atoms with Crippen LogP contribution in [-0.2, 0) is 4.79 Å². The number of rotatable bonds is 3. The molecule has 0 fully saturated rings. The van der Waals surface area contributed by atoms with Gasteiger partial charge in [0, 0.05) is 12.1 Å². The lowest BCUT2D eigenvalue weighted by Crippen LogP contribution is -2.26. The fraction of sp³-hybridized carbons (Fsp3) is 0.200. The van der Waals surface area contributed by atoms with E-state index in [1.54, 1.807) is 13.1 Å². The molecule has 2 aromatic rings. The summed E-state index contributed by atoms with van der Waals surface area (Å²) in [6.45, 7) is 0.226. The maximum absolute atomic E-state index is 11.0. The maximum Gasteiger partial charge on any atom is 0.239 e. The predicted octanol–water partition coefficient (Wildman–Crippen LogP) is 2.11. The molecule has 2 rings (SSSR count). The van der Waals surface area contributed by atoms with Crippen LogP contribution in [-0.4, -0.2) is 24.5 Å². The molecule has 16 heavy (non-hydrogen) atoms. The Morgan fingerprint density at radius 2 is 2.38 bits per heavy atom. The van der Waals surface area contributed by atoms with Crippen LogP contribution < -0.4 is 10.6 Å². The fourth-order valence-electron chi connectivity index (χ4n) is 1.22. The second-order valence-corrected chi connectivity index (χ2v) is 4.62. The van der Waals surface area contributed by atoms with E-state index in [1.807, 2.05) is 12.1 Å². The van der Waals surface area contributed by atoms with E-state index in [4.69, 9.17) is 11.6 Å². The van der Waals surface area contributed by atoms with Gasteiger partial charge in [-0.25, -0.2) is 4.98 Å². The quantitative estimate of drug-likeness (QED) is 0.883. The summed E-state index contributed by atoms with van der Waals surface area (Å²) >= 11 is 7.36. The predicted molar refractivity (Wildman–Crippen MR) is 67.2 cm³/mol. The molecule has 0 aliphatic rings. The minimum absolute atomic E-state index is 0.0720. The monoisotopic (exact) mass is 255 g/mol. The van der Waals surface area contributed by atoms with Crippen molar-refractivity contribution < 1.29 is 4.79 Å². The molecule has 1 aromatic heterocycles. The van der Waals surface area contributed by atoms with E-state index in [0.717, 1.165) is 15.3 Å². The van der Waals surface area contributed by atoms with Gasteiger partial charge in [0.25, 0.3) is 0 Å². The Balaban J connectivity index is 2.16. The molecule has 0 spiro atoms. The number of fused-ring (bicyclic) bond motifs is 1. The van der Waals surface area contributed by atoms with Gasteiger partial charge in [-0.05, 0) is 18.2 Å². The number of benzene rings is 1. The number of halogens is 1. The Hall–Kier alpha value is -1.33. The summed E-state index contributed by atoms with van der Waals surface area (Å²) in [5.41, 5.74) is 0.844. The molecule has 0 aliphatic heterocycles. The summed E-state index contributed by atoms with van der Waals surface area (Å²) in [5, 5.41) is 6.87. The zero-order valence-electron chi connectivity index (χ0n) is 8.58. The molecule has 0 unspecified atom stereocenters. The summed E-state index contributed by atoms with van der Waals surface area (Å²) in [5.74, 6) is -0.0720. The van der Waals surface area contributed by atoms with E-state index in [1.165, 1.54) is 11.3 Å². The van der Waals surface area contributed by atoms with E-state index in [0.29, 0.717) is 5.02 Å². The fourth-order valence-corrected chi connectivity index (χ4v) is 2.23. The molecule has 0 atom stereocenters. The van der Waals surface area contributed by atoms with E-state index >= 15 is 0 Å². The number of anilines is 1. The van der Waals surface area contributed by atoms with E-state index < -0.39 is 0 Å². The molecule has 6 heteroatoms. The van der Waals surface area contributed by atoms with Crippen molar-refractivity contribution in [3.05, 3.63) is 23.2 Å². The van der Waals surface area contributed by atoms with Gasteiger partial charge in [-0.2, -0.15) is 0 Å². The minimum atomic E-state index is -0.0720. The van der Waals surface area contributed by atoms with E-state index in [-0.39, 0.29) is 12.5 Å². The molecule has 2 N–H and O–H groups in total. The van der Waals surface area contributed by atoms with Gasteiger partial charge in [-0.15, -0.1) is 0 Å². The normalized spacial score (nSPS) is 10.4. The Morgan fingerprint density at radius 1 is 1.56 bits per heavy atom. The lowest BCUT2D eigenvalue weighted by molar-refractivity contribution is -0.118. The third-order valence-corrected chi connectivity index (χ3v) is 3.26. The van der Waals surface area contributed by atoms with Crippen LogP contribution in [0.1, 0.15) is 0 Å². The van der Waals surface area contributed by atoms with Gasteiger partial charge >= 0.3 is 0 Å². The Kier molecular flexibility index (Phi) is 3.26. The van der Waals surface area contributed by atoms with Crippen molar-refractivity contribution >= 4 is 44.2 Å². The van der Waals surface area contributed by atoms with Crippen molar-refractivity contribution in [1.82, 2.24) is 10.3 Å². The van der Waals surface area contributed by atoms with Crippen molar-refractivity contribution in [1.29, 1.82) is 0 Å². The summed E-state index contributed by atoms with van der Waals surface area (Å²) in [6.07, 6.45) is 0. The van der Waals surface area contributed by atoms with Crippen molar-refractivity contribution in [3.63, 3.8) is 0 Å². The number of nitrogens with one attached hydrogen (secondary N) is 2. The third kappa shape index (κ3) is 2.43. The van der Waals surface area contributed by atoms with Crippen LogP contribution >= 0.6 is 22.9 Å². The first-order valence-corrected chi connectivity index (χ1v) is 5.89. The number of amides is 1. The standard InChI is InChI=1S/C10H10ClN3OS/c1-12-9(15)5-13-10-14-7-4-6(11)2-3-8(7)16-10/h2-4H,5H2,1H3,(H,12,15)(H,13,14). The number of hydrogen-bond donors (Lipinski definition) is 2. The lowest BCUT2D eigenvalue weighted by atomic mass is 10.3. The minimum Gasteiger partial charge on any atom is -0.358 e. The van der Waals surface area contributed by atoms with Gasteiger partial charge in [-0.1, -0.05) is 22.9 Å². The lowest BCUT2D eigenvalue weighted by Gasteiger charge is -1.99. The van der Waals surface area contributed by atoms with Gasteiger partial charge in [-0.3, -0.25) is 4.79 Å². The molecular formula is C10H10ClN3OS. The highest BCUT2D eigenvalue weighted by Gasteiger charge is 2.05. The highest BCUT2D eigenvalue weighted by atomic mass is 35.5. The first-order valence-electron chi connectivity index (χ1n) is 4.69. The first kappa shape index (κ1) is 11.2. The molecule has 0 saturated heterocycles. The largest absolute Gasteiger partial charge is 0.358 e. The summed E-state index contributed by atoms with van der Waals surface area (Å²) in [6, 6.07) is 5.55. The SMILES string of the molecule is CNC(=O)CNc1nc2cc(Cl)ccc2s1. The molecule has 0 aliphatic carbocycles. The number of thiazole rings is 1. The molecule has 0 saturated carbocycles. The van der Waals surface area contributed by atoms with Crippen molar-refractivity contribution in [2.24, 2.45) is 0 Å². The topological polar surface area (TPSA) is 54.0 Å². The number of hydrogen-bond acceptors (Lipinski definition) is 4. The molecule has 1 amide bonds. The Bertz CT molecular complexity index is 526. The smallest absolute Gasteiger partial charge is 0.239 e. The molecule has 1 heterocycles. The Labute approximate surface area is 102 Å². The van der Waals surface area contributed by atoms with E-state index in [2.05, 4.69) is 15.6 Å². The van der Waals surface area contributed by atoms with Crippen molar-refractivity contribution in [2.45, 2.75) is 0 Å². The number of likely N-dealkylation sites (N-methyl/N-ethyl adjacent to an activating group) is 1. The second-order valence-electron chi connectivity index (χ2n) is 3.16. The van der Waals surface area contributed by atoms with Gasteiger partial charge in [0.15, 0.2) is 5.13 Å². The molecule has 1 aromatic carbocycles. The van der Waals surface area contributed by atoms with Crippen LogP contribution in [0.3, 0.4) is 0 Å². The number of nitrogens with zero attached hydrogens (tertiary/aromatic N) is 1. The highest BCUT2D eigenvalue weighted by molar-refractivity contribution is 7.22.